The Morgan fingerprint density at radius 1 is 1.46 bits per heavy atom. The van der Waals surface area contributed by atoms with E-state index in [1.54, 1.807) is 23.0 Å². The SMILES string of the molecule is Cc1ccc(CN(C)C(=O)CN2CCO[C@H](Cn3cncn3)C2)o1. The van der Waals surface area contributed by atoms with Gasteiger partial charge < -0.3 is 14.1 Å². The van der Waals surface area contributed by atoms with Crippen LogP contribution in [0.2, 0.25) is 0 Å². The summed E-state index contributed by atoms with van der Waals surface area (Å²) >= 11 is 0. The van der Waals surface area contributed by atoms with E-state index in [1.807, 2.05) is 19.1 Å². The summed E-state index contributed by atoms with van der Waals surface area (Å²) in [6.45, 7) is 5.49. The lowest BCUT2D eigenvalue weighted by Gasteiger charge is -2.33. The molecule has 0 N–H and O–H groups in total. The lowest BCUT2D eigenvalue weighted by atomic mass is 10.2. The molecule has 2 aromatic heterocycles. The first-order chi connectivity index (χ1) is 11.6. The van der Waals surface area contributed by atoms with E-state index in [0.717, 1.165) is 18.1 Å². The lowest BCUT2D eigenvalue weighted by molar-refractivity contribution is -0.134. The smallest absolute Gasteiger partial charge is 0.236 e. The Balaban J connectivity index is 1.48. The number of carbonyl (C=O) groups is 1. The highest BCUT2D eigenvalue weighted by molar-refractivity contribution is 5.77. The number of aromatic nitrogens is 3. The highest BCUT2D eigenvalue weighted by Crippen LogP contribution is 2.10. The number of ether oxygens (including phenoxy) is 1. The van der Waals surface area contributed by atoms with Crippen molar-refractivity contribution in [3.8, 4) is 0 Å². The van der Waals surface area contributed by atoms with Gasteiger partial charge in [-0.15, -0.1) is 0 Å². The number of hydrogen-bond donors (Lipinski definition) is 0. The Hall–Kier alpha value is -2.19. The molecular formula is C16H23N5O3. The molecule has 0 bridgehead atoms. The first kappa shape index (κ1) is 16.7. The molecule has 8 nitrogen and oxygen atoms in total. The third kappa shape index (κ3) is 4.42. The van der Waals surface area contributed by atoms with Gasteiger partial charge in [-0.3, -0.25) is 14.4 Å². The molecule has 1 fully saturated rings. The van der Waals surface area contributed by atoms with Crippen molar-refractivity contribution in [1.29, 1.82) is 0 Å². The van der Waals surface area contributed by atoms with Crippen LogP contribution in [0.4, 0.5) is 0 Å². The minimum absolute atomic E-state index is 0.0197. The third-order valence-electron chi connectivity index (χ3n) is 4.05. The first-order valence-corrected chi connectivity index (χ1v) is 8.06. The van der Waals surface area contributed by atoms with Crippen molar-refractivity contribution in [3.63, 3.8) is 0 Å². The molecule has 1 atom stereocenters. The second kappa shape index (κ2) is 7.59. The van der Waals surface area contributed by atoms with Gasteiger partial charge in [-0.1, -0.05) is 0 Å². The van der Waals surface area contributed by atoms with Gasteiger partial charge in [0.05, 0.1) is 32.3 Å². The van der Waals surface area contributed by atoms with E-state index in [9.17, 15) is 4.79 Å². The maximum Gasteiger partial charge on any atom is 0.236 e. The fraction of sp³-hybridized carbons (Fsp3) is 0.562. The van der Waals surface area contributed by atoms with Crippen molar-refractivity contribution < 1.29 is 13.9 Å². The number of amides is 1. The predicted octanol–water partition coefficient (Wildman–Crippen LogP) is 0.539. The Kier molecular flexibility index (Phi) is 5.27. The van der Waals surface area contributed by atoms with Crippen LogP contribution in [0.25, 0.3) is 0 Å². The molecule has 0 aromatic carbocycles. The average Bonchev–Trinajstić information content (AvgIpc) is 3.19. The molecule has 24 heavy (non-hydrogen) atoms. The van der Waals surface area contributed by atoms with Gasteiger partial charge in [-0.05, 0) is 19.1 Å². The zero-order valence-electron chi connectivity index (χ0n) is 14.1. The molecule has 0 saturated carbocycles. The van der Waals surface area contributed by atoms with E-state index in [1.165, 1.54) is 6.33 Å². The van der Waals surface area contributed by atoms with E-state index in [-0.39, 0.29) is 12.0 Å². The molecule has 2 aromatic rings. The Labute approximate surface area is 141 Å². The molecule has 130 valence electrons. The summed E-state index contributed by atoms with van der Waals surface area (Å²) < 4.78 is 13.0. The molecule has 1 saturated heterocycles. The van der Waals surface area contributed by atoms with Crippen molar-refractivity contribution in [3.05, 3.63) is 36.3 Å². The van der Waals surface area contributed by atoms with Crippen LogP contribution in [0.5, 0.6) is 0 Å². The summed E-state index contributed by atoms with van der Waals surface area (Å²) in [5.74, 6) is 1.73. The minimum atomic E-state index is 0.0197. The van der Waals surface area contributed by atoms with Gasteiger partial charge in [0.25, 0.3) is 0 Å². The van der Waals surface area contributed by atoms with Gasteiger partial charge >= 0.3 is 0 Å². The van der Waals surface area contributed by atoms with Gasteiger partial charge in [-0.25, -0.2) is 4.98 Å². The molecule has 3 rings (SSSR count). The normalized spacial score (nSPS) is 18.7. The number of aryl methyl sites for hydroxylation is 1. The van der Waals surface area contributed by atoms with Crippen LogP contribution in [0, 0.1) is 6.92 Å². The Bertz CT molecular complexity index is 654. The van der Waals surface area contributed by atoms with Gasteiger partial charge in [0, 0.05) is 20.1 Å². The Morgan fingerprint density at radius 2 is 2.33 bits per heavy atom. The van der Waals surface area contributed by atoms with Gasteiger partial charge in [0.2, 0.25) is 5.91 Å². The number of morpholine rings is 1. The quantitative estimate of drug-likeness (QED) is 0.768. The summed E-state index contributed by atoms with van der Waals surface area (Å²) in [5, 5.41) is 4.09. The van der Waals surface area contributed by atoms with Crippen LogP contribution in [0.15, 0.2) is 29.2 Å². The number of nitrogens with zero attached hydrogens (tertiary/aromatic N) is 5. The van der Waals surface area contributed by atoms with Crippen molar-refractivity contribution in [1.82, 2.24) is 24.6 Å². The number of furan rings is 1. The molecule has 0 radical (unpaired) electrons. The molecule has 1 aliphatic rings. The largest absolute Gasteiger partial charge is 0.464 e. The van der Waals surface area contributed by atoms with Crippen molar-refractivity contribution >= 4 is 5.91 Å². The highest BCUT2D eigenvalue weighted by Gasteiger charge is 2.24. The van der Waals surface area contributed by atoms with Crippen LogP contribution < -0.4 is 0 Å². The summed E-state index contributed by atoms with van der Waals surface area (Å²) in [6, 6.07) is 3.81. The number of carbonyl (C=O) groups excluding carboxylic acids is 1. The standard InChI is InChI=1S/C16H23N5O3/c1-13-3-4-14(24-13)7-19(2)16(22)10-20-5-6-23-15(8-20)9-21-12-17-11-18-21/h3-4,11-12,15H,5-10H2,1-2H3/t15-/m0/s1. The third-order valence-corrected chi connectivity index (χ3v) is 4.05. The van der Waals surface area contributed by atoms with Crippen LogP contribution in [0.1, 0.15) is 11.5 Å². The molecule has 0 spiro atoms. The zero-order chi connectivity index (χ0) is 16.9. The number of likely N-dealkylation sites (N-methyl/N-ethyl adjacent to an activating group) is 1. The summed E-state index contributed by atoms with van der Waals surface area (Å²) in [7, 11) is 1.80. The van der Waals surface area contributed by atoms with Crippen LogP contribution >= 0.6 is 0 Å². The Morgan fingerprint density at radius 3 is 3.04 bits per heavy atom. The molecule has 1 amide bonds. The van der Waals surface area contributed by atoms with Crippen LogP contribution in [-0.2, 0) is 22.6 Å². The molecule has 8 heteroatoms. The van der Waals surface area contributed by atoms with Gasteiger partial charge in [0.15, 0.2) is 0 Å². The van der Waals surface area contributed by atoms with Crippen molar-refractivity contribution in [2.45, 2.75) is 26.1 Å². The lowest BCUT2D eigenvalue weighted by Crippen LogP contribution is -2.48. The topological polar surface area (TPSA) is 76.6 Å². The summed E-state index contributed by atoms with van der Waals surface area (Å²) in [4.78, 5) is 20.2. The molecule has 0 aliphatic carbocycles. The van der Waals surface area contributed by atoms with E-state index < -0.39 is 0 Å². The molecule has 1 aliphatic heterocycles. The van der Waals surface area contributed by atoms with Crippen LogP contribution in [0.3, 0.4) is 0 Å². The van der Waals surface area contributed by atoms with Crippen molar-refractivity contribution in [2.75, 3.05) is 33.3 Å². The highest BCUT2D eigenvalue weighted by atomic mass is 16.5. The predicted molar refractivity (Wildman–Crippen MR) is 86.1 cm³/mol. The van der Waals surface area contributed by atoms with E-state index >= 15 is 0 Å². The van der Waals surface area contributed by atoms with Crippen LogP contribution in [-0.4, -0.2) is 69.9 Å². The number of hydrogen-bond acceptors (Lipinski definition) is 6. The number of rotatable bonds is 6. The fourth-order valence-corrected chi connectivity index (χ4v) is 2.77. The maximum absolute atomic E-state index is 12.4. The zero-order valence-corrected chi connectivity index (χ0v) is 14.1. The monoisotopic (exact) mass is 333 g/mol. The summed E-state index contributed by atoms with van der Waals surface area (Å²) in [5.41, 5.74) is 0. The fourth-order valence-electron chi connectivity index (χ4n) is 2.77. The molecular weight excluding hydrogens is 310 g/mol. The van der Waals surface area contributed by atoms with E-state index in [2.05, 4.69) is 15.0 Å². The first-order valence-electron chi connectivity index (χ1n) is 8.06. The summed E-state index contributed by atoms with van der Waals surface area (Å²) in [6.07, 6.45) is 3.20. The maximum atomic E-state index is 12.4. The minimum Gasteiger partial charge on any atom is -0.464 e. The van der Waals surface area contributed by atoms with Gasteiger partial charge in [0.1, 0.15) is 24.2 Å². The average molecular weight is 333 g/mol. The van der Waals surface area contributed by atoms with Crippen molar-refractivity contribution in [2.24, 2.45) is 0 Å². The second-order valence-electron chi connectivity index (χ2n) is 6.11. The van der Waals surface area contributed by atoms with Gasteiger partial charge in [-0.2, -0.15) is 5.10 Å². The molecule has 0 unspecified atom stereocenters. The van der Waals surface area contributed by atoms with E-state index in [0.29, 0.717) is 32.8 Å². The second-order valence-corrected chi connectivity index (χ2v) is 6.11. The van der Waals surface area contributed by atoms with E-state index in [4.69, 9.17) is 9.15 Å². The molecule has 3 heterocycles.